The number of likely N-dealkylation sites (tertiary alicyclic amines) is 1. The molecule has 2 atom stereocenters. The molecule has 2 aliphatic heterocycles. The van der Waals surface area contributed by atoms with Crippen LogP contribution in [0.1, 0.15) is 24.8 Å². The molecule has 5 nitrogen and oxygen atoms in total. The van der Waals surface area contributed by atoms with Gasteiger partial charge in [0, 0.05) is 31.1 Å². The quantitative estimate of drug-likeness (QED) is 0.878. The Labute approximate surface area is 141 Å². The van der Waals surface area contributed by atoms with Crippen LogP contribution < -0.4 is 4.74 Å². The van der Waals surface area contributed by atoms with Crippen LogP contribution in [-0.2, 0) is 11.3 Å². The largest absolute Gasteiger partial charge is 0.497 e. The zero-order valence-electron chi connectivity index (χ0n) is 13.4. The lowest BCUT2D eigenvalue weighted by molar-refractivity contribution is -0.188. The zero-order chi connectivity index (χ0) is 16.4. The van der Waals surface area contributed by atoms with Crippen LogP contribution in [0.4, 0.5) is 0 Å². The second-order valence-corrected chi connectivity index (χ2v) is 7.04. The van der Waals surface area contributed by atoms with E-state index in [0.717, 1.165) is 43.8 Å². The molecule has 6 heteroatoms. The van der Waals surface area contributed by atoms with E-state index < -0.39 is 12.2 Å². The van der Waals surface area contributed by atoms with E-state index in [1.807, 2.05) is 12.1 Å². The first-order chi connectivity index (χ1) is 11.0. The lowest BCUT2D eigenvalue weighted by atomic mass is 9.82. The molecule has 0 aliphatic carbocycles. The van der Waals surface area contributed by atoms with Crippen LogP contribution in [0.2, 0.25) is 5.02 Å². The van der Waals surface area contributed by atoms with Gasteiger partial charge in [-0.15, -0.1) is 0 Å². The maximum Gasteiger partial charge on any atom is 0.120 e. The van der Waals surface area contributed by atoms with E-state index in [4.69, 9.17) is 21.1 Å². The van der Waals surface area contributed by atoms with Crippen LogP contribution in [0.3, 0.4) is 0 Å². The Morgan fingerprint density at radius 2 is 2.00 bits per heavy atom. The van der Waals surface area contributed by atoms with Crippen LogP contribution in [0, 0.1) is 0 Å². The minimum atomic E-state index is -0.752. The molecular formula is C17H24ClNO4. The number of ether oxygens (including phenoxy) is 2. The highest BCUT2D eigenvalue weighted by Gasteiger charge is 2.42. The lowest BCUT2D eigenvalue weighted by Crippen LogP contribution is -2.54. The molecule has 0 radical (unpaired) electrons. The molecule has 0 saturated carbocycles. The molecule has 3 rings (SSSR count). The third kappa shape index (κ3) is 3.98. The van der Waals surface area contributed by atoms with Gasteiger partial charge < -0.3 is 19.7 Å². The minimum Gasteiger partial charge on any atom is -0.497 e. The van der Waals surface area contributed by atoms with E-state index in [-0.39, 0.29) is 12.2 Å². The van der Waals surface area contributed by atoms with Crippen LogP contribution in [0.5, 0.6) is 5.75 Å². The van der Waals surface area contributed by atoms with E-state index in [9.17, 15) is 10.2 Å². The highest BCUT2D eigenvalue weighted by Crippen LogP contribution is 2.35. The fourth-order valence-electron chi connectivity index (χ4n) is 3.50. The maximum absolute atomic E-state index is 9.91. The van der Waals surface area contributed by atoms with Gasteiger partial charge in [-0.1, -0.05) is 11.6 Å². The second kappa shape index (κ2) is 6.95. The summed E-state index contributed by atoms with van der Waals surface area (Å²) in [4.78, 5) is 2.36. The summed E-state index contributed by atoms with van der Waals surface area (Å²) in [6.07, 6.45) is 0.834. The fourth-order valence-corrected chi connectivity index (χ4v) is 3.75. The molecule has 1 aromatic rings. The number of rotatable bonds is 3. The molecule has 1 spiro atoms. The first-order valence-corrected chi connectivity index (χ1v) is 8.43. The molecule has 2 heterocycles. The Balaban J connectivity index is 1.58. The molecule has 2 saturated heterocycles. The van der Waals surface area contributed by atoms with Gasteiger partial charge in [-0.25, -0.2) is 0 Å². The van der Waals surface area contributed by atoms with E-state index in [2.05, 4.69) is 4.90 Å². The van der Waals surface area contributed by atoms with Gasteiger partial charge in [-0.05, 0) is 36.6 Å². The van der Waals surface area contributed by atoms with Crippen LogP contribution in [-0.4, -0.2) is 59.7 Å². The Hall–Kier alpha value is -0.850. The lowest BCUT2D eigenvalue weighted by Gasteiger charge is -2.46. The molecule has 2 fully saturated rings. The molecule has 0 bridgehead atoms. The van der Waals surface area contributed by atoms with Crippen molar-refractivity contribution in [2.24, 2.45) is 0 Å². The Kier molecular flexibility index (Phi) is 5.13. The smallest absolute Gasteiger partial charge is 0.120 e. The molecule has 23 heavy (non-hydrogen) atoms. The van der Waals surface area contributed by atoms with E-state index >= 15 is 0 Å². The summed E-state index contributed by atoms with van der Waals surface area (Å²) < 4.78 is 11.1. The Morgan fingerprint density at radius 1 is 1.26 bits per heavy atom. The average molecular weight is 342 g/mol. The molecule has 0 aromatic heterocycles. The number of benzene rings is 1. The minimum absolute atomic E-state index is 0.229. The van der Waals surface area contributed by atoms with Crippen molar-refractivity contribution in [2.75, 3.05) is 26.8 Å². The number of hydrogen-bond donors (Lipinski definition) is 2. The van der Waals surface area contributed by atoms with Crippen molar-refractivity contribution in [3.05, 3.63) is 28.8 Å². The molecule has 2 N–H and O–H groups in total. The maximum atomic E-state index is 9.91. The molecule has 0 amide bonds. The van der Waals surface area contributed by atoms with Crippen molar-refractivity contribution in [1.29, 1.82) is 0 Å². The topological polar surface area (TPSA) is 62.2 Å². The van der Waals surface area contributed by atoms with Gasteiger partial charge in [0.25, 0.3) is 0 Å². The van der Waals surface area contributed by atoms with Crippen LogP contribution >= 0.6 is 11.6 Å². The summed E-state index contributed by atoms with van der Waals surface area (Å²) in [5.41, 5.74) is 0.853. The van der Waals surface area contributed by atoms with Gasteiger partial charge in [0.05, 0.1) is 25.4 Å². The van der Waals surface area contributed by atoms with E-state index in [1.54, 1.807) is 13.2 Å². The van der Waals surface area contributed by atoms with Crippen LogP contribution in [0.25, 0.3) is 0 Å². The molecule has 0 unspecified atom stereocenters. The summed E-state index contributed by atoms with van der Waals surface area (Å²) in [6.45, 7) is 2.85. The predicted molar refractivity (Wildman–Crippen MR) is 87.8 cm³/mol. The van der Waals surface area contributed by atoms with Gasteiger partial charge in [-0.3, -0.25) is 4.90 Å². The number of hydrogen-bond acceptors (Lipinski definition) is 5. The Bertz CT molecular complexity index is 545. The first kappa shape index (κ1) is 17.0. The molecular weight excluding hydrogens is 318 g/mol. The average Bonchev–Trinajstić information content (AvgIpc) is 2.53. The van der Waals surface area contributed by atoms with Gasteiger partial charge >= 0.3 is 0 Å². The van der Waals surface area contributed by atoms with Crippen molar-refractivity contribution in [2.45, 2.75) is 43.6 Å². The number of piperidine rings is 1. The summed E-state index contributed by atoms with van der Waals surface area (Å²) in [6, 6.07) is 5.78. The van der Waals surface area contributed by atoms with Crippen molar-refractivity contribution in [1.82, 2.24) is 4.90 Å². The number of aliphatic hydroxyl groups excluding tert-OH is 2. The highest BCUT2D eigenvalue weighted by molar-refractivity contribution is 6.30. The van der Waals surface area contributed by atoms with Gasteiger partial charge in [0.1, 0.15) is 11.9 Å². The third-order valence-electron chi connectivity index (χ3n) is 4.93. The molecule has 2 aliphatic rings. The van der Waals surface area contributed by atoms with Crippen molar-refractivity contribution in [3.63, 3.8) is 0 Å². The predicted octanol–water partition coefficient (Wildman–Crippen LogP) is 1.83. The van der Waals surface area contributed by atoms with E-state index in [0.29, 0.717) is 11.4 Å². The number of methoxy groups -OCH3 is 1. The van der Waals surface area contributed by atoms with Crippen molar-refractivity contribution >= 4 is 11.6 Å². The second-order valence-electron chi connectivity index (χ2n) is 6.61. The number of halogens is 1. The number of aliphatic hydroxyl groups is 2. The zero-order valence-corrected chi connectivity index (χ0v) is 14.1. The SMILES string of the molecule is COc1cc(Cl)cc(CN2CCC3(CC2)C[C@@H](O)[C@@H](O)CO3)c1. The van der Waals surface area contributed by atoms with Crippen molar-refractivity contribution < 1.29 is 19.7 Å². The van der Waals surface area contributed by atoms with E-state index in [1.165, 1.54) is 0 Å². The van der Waals surface area contributed by atoms with Gasteiger partial charge in [-0.2, -0.15) is 0 Å². The monoisotopic (exact) mass is 341 g/mol. The van der Waals surface area contributed by atoms with Gasteiger partial charge in [0.2, 0.25) is 0 Å². The summed E-state index contributed by atoms with van der Waals surface area (Å²) in [5, 5.41) is 20.2. The first-order valence-electron chi connectivity index (χ1n) is 8.06. The molecule has 1 aromatic carbocycles. The highest BCUT2D eigenvalue weighted by atomic mass is 35.5. The van der Waals surface area contributed by atoms with Crippen LogP contribution in [0.15, 0.2) is 18.2 Å². The normalized spacial score (nSPS) is 28.0. The summed E-state index contributed by atoms with van der Waals surface area (Å²) in [5.74, 6) is 0.772. The Morgan fingerprint density at radius 3 is 2.65 bits per heavy atom. The molecule has 128 valence electrons. The standard InChI is InChI=1S/C17H24ClNO4/c1-22-14-7-12(6-13(18)8-14)10-19-4-2-17(3-5-19)9-15(20)16(21)11-23-17/h6-8,15-16,20-21H,2-5,9-11H2,1H3/t15-,16+/m1/s1. The number of nitrogens with zero attached hydrogens (tertiary/aromatic N) is 1. The van der Waals surface area contributed by atoms with Crippen molar-refractivity contribution in [3.8, 4) is 5.75 Å². The summed E-state index contributed by atoms with van der Waals surface area (Å²) in [7, 11) is 1.64. The summed E-state index contributed by atoms with van der Waals surface area (Å²) >= 11 is 6.12. The third-order valence-corrected chi connectivity index (χ3v) is 5.14. The fraction of sp³-hybridized carbons (Fsp3) is 0.647. The van der Waals surface area contributed by atoms with Gasteiger partial charge in [0.15, 0.2) is 0 Å².